The lowest BCUT2D eigenvalue weighted by molar-refractivity contribution is -0.138. The summed E-state index contributed by atoms with van der Waals surface area (Å²) in [5.41, 5.74) is 1.85. The number of benzene rings is 1. The van der Waals surface area contributed by atoms with Gasteiger partial charge in [-0.1, -0.05) is 17.7 Å². The second kappa shape index (κ2) is 7.16. The van der Waals surface area contributed by atoms with Crippen molar-refractivity contribution in [2.75, 3.05) is 32.8 Å². The van der Waals surface area contributed by atoms with Gasteiger partial charge in [-0.15, -0.1) is 0 Å². The molecule has 1 aromatic rings. The lowest BCUT2D eigenvalue weighted by Crippen LogP contribution is -2.50. The Bertz CT molecular complexity index is 790. The van der Waals surface area contributed by atoms with E-state index in [0.29, 0.717) is 37.8 Å². The first-order chi connectivity index (χ1) is 12.6. The summed E-state index contributed by atoms with van der Waals surface area (Å²) >= 11 is 6.02. The SMILES string of the molecule is O=C(/C=C\C1=Cc2cc(Cl)ccc2OC1)N1CCN(C(=O)C2CC2)CC1. The third kappa shape index (κ3) is 3.78. The van der Waals surface area contributed by atoms with Gasteiger partial charge in [-0.25, -0.2) is 0 Å². The van der Waals surface area contributed by atoms with Gasteiger partial charge < -0.3 is 14.5 Å². The molecular formula is C20H21ClN2O3. The number of amides is 2. The molecule has 0 bridgehead atoms. The zero-order chi connectivity index (χ0) is 18.1. The van der Waals surface area contributed by atoms with Crippen LogP contribution in [0, 0.1) is 5.92 Å². The number of fused-ring (bicyclic) bond motifs is 1. The third-order valence-corrected chi connectivity index (χ3v) is 5.21. The topological polar surface area (TPSA) is 49.9 Å². The molecule has 1 aromatic carbocycles. The second-order valence-electron chi connectivity index (χ2n) is 6.95. The van der Waals surface area contributed by atoms with Crippen LogP contribution in [0.15, 0.2) is 35.9 Å². The van der Waals surface area contributed by atoms with E-state index >= 15 is 0 Å². The monoisotopic (exact) mass is 372 g/mol. The summed E-state index contributed by atoms with van der Waals surface area (Å²) in [5, 5.41) is 0.656. The van der Waals surface area contributed by atoms with Crippen molar-refractivity contribution in [2.45, 2.75) is 12.8 Å². The highest BCUT2D eigenvalue weighted by Gasteiger charge is 2.34. The normalized spacial score (nSPS) is 19.8. The summed E-state index contributed by atoms with van der Waals surface area (Å²) in [5.74, 6) is 1.27. The van der Waals surface area contributed by atoms with Crippen molar-refractivity contribution in [3.63, 3.8) is 0 Å². The van der Waals surface area contributed by atoms with Crippen LogP contribution in [0.25, 0.3) is 6.08 Å². The Morgan fingerprint density at radius 3 is 2.58 bits per heavy atom. The fraction of sp³-hybridized carbons (Fsp3) is 0.400. The van der Waals surface area contributed by atoms with Gasteiger partial charge >= 0.3 is 0 Å². The van der Waals surface area contributed by atoms with E-state index in [-0.39, 0.29) is 17.7 Å². The molecule has 0 atom stereocenters. The summed E-state index contributed by atoms with van der Waals surface area (Å²) in [6.45, 7) is 2.88. The number of halogens is 1. The zero-order valence-electron chi connectivity index (χ0n) is 14.5. The number of hydrogen-bond acceptors (Lipinski definition) is 3. The molecule has 136 valence electrons. The molecule has 5 nitrogen and oxygen atoms in total. The van der Waals surface area contributed by atoms with Crippen molar-refractivity contribution in [3.8, 4) is 5.75 Å². The van der Waals surface area contributed by atoms with Crippen LogP contribution < -0.4 is 4.74 Å². The molecular weight excluding hydrogens is 352 g/mol. The van der Waals surface area contributed by atoms with Crippen molar-refractivity contribution in [2.24, 2.45) is 5.92 Å². The van der Waals surface area contributed by atoms with E-state index in [1.165, 1.54) is 0 Å². The van der Waals surface area contributed by atoms with Gasteiger partial charge in [0, 0.05) is 48.8 Å². The third-order valence-electron chi connectivity index (χ3n) is 4.98. The highest BCUT2D eigenvalue weighted by Crippen LogP contribution is 2.31. The number of rotatable bonds is 3. The van der Waals surface area contributed by atoms with Gasteiger partial charge in [0.25, 0.3) is 0 Å². The molecule has 0 spiro atoms. The van der Waals surface area contributed by atoms with E-state index in [1.54, 1.807) is 23.1 Å². The van der Waals surface area contributed by atoms with E-state index in [1.807, 2.05) is 23.1 Å². The first-order valence-electron chi connectivity index (χ1n) is 8.99. The maximum atomic E-state index is 12.4. The van der Waals surface area contributed by atoms with Gasteiger partial charge in [-0.3, -0.25) is 9.59 Å². The lowest BCUT2D eigenvalue weighted by Gasteiger charge is -2.34. The van der Waals surface area contributed by atoms with Crippen LogP contribution in [0.5, 0.6) is 5.75 Å². The molecule has 26 heavy (non-hydrogen) atoms. The van der Waals surface area contributed by atoms with E-state index in [2.05, 4.69) is 0 Å². The Morgan fingerprint density at radius 2 is 1.85 bits per heavy atom. The van der Waals surface area contributed by atoms with Crippen LogP contribution in [0.2, 0.25) is 5.02 Å². The fourth-order valence-electron chi connectivity index (χ4n) is 3.28. The standard InChI is InChI=1S/C20H21ClN2O3/c21-17-4-5-18-16(12-17)11-14(13-26-18)1-6-19(24)22-7-9-23(10-8-22)20(25)15-2-3-15/h1,4-6,11-12,15H,2-3,7-10,13H2/b6-1-. The minimum absolute atomic E-state index is 0.0266. The number of carbonyl (C=O) groups is 2. The van der Waals surface area contributed by atoms with Crippen molar-refractivity contribution in [3.05, 3.63) is 46.5 Å². The van der Waals surface area contributed by atoms with Crippen LogP contribution in [0.4, 0.5) is 0 Å². The molecule has 1 aliphatic carbocycles. The Kier molecular flexibility index (Phi) is 4.72. The Balaban J connectivity index is 1.34. The van der Waals surface area contributed by atoms with E-state index in [4.69, 9.17) is 16.3 Å². The van der Waals surface area contributed by atoms with E-state index in [0.717, 1.165) is 29.7 Å². The average molecular weight is 373 g/mol. The molecule has 1 saturated heterocycles. The number of nitrogens with zero attached hydrogens (tertiary/aromatic N) is 2. The van der Waals surface area contributed by atoms with E-state index in [9.17, 15) is 9.59 Å². The summed E-state index contributed by atoms with van der Waals surface area (Å²) in [6.07, 6.45) is 7.41. The molecule has 6 heteroatoms. The first kappa shape index (κ1) is 17.2. The van der Waals surface area contributed by atoms with Gasteiger partial charge in [0.2, 0.25) is 11.8 Å². The zero-order valence-corrected chi connectivity index (χ0v) is 15.2. The summed E-state index contributed by atoms with van der Waals surface area (Å²) < 4.78 is 5.69. The van der Waals surface area contributed by atoms with Crippen LogP contribution in [-0.4, -0.2) is 54.4 Å². The van der Waals surface area contributed by atoms with Gasteiger partial charge in [-0.05, 0) is 42.7 Å². The van der Waals surface area contributed by atoms with Gasteiger partial charge in [0.15, 0.2) is 0 Å². The van der Waals surface area contributed by atoms with Gasteiger partial charge in [0.1, 0.15) is 12.4 Å². The number of hydrogen-bond donors (Lipinski definition) is 0. The number of ether oxygens (including phenoxy) is 1. The van der Waals surface area contributed by atoms with Gasteiger partial charge in [0.05, 0.1) is 0 Å². The van der Waals surface area contributed by atoms with Crippen LogP contribution >= 0.6 is 11.6 Å². The second-order valence-corrected chi connectivity index (χ2v) is 7.38. The van der Waals surface area contributed by atoms with Gasteiger partial charge in [-0.2, -0.15) is 0 Å². The maximum absolute atomic E-state index is 12.4. The molecule has 2 fully saturated rings. The summed E-state index contributed by atoms with van der Waals surface area (Å²) in [4.78, 5) is 28.2. The predicted octanol–water partition coefficient (Wildman–Crippen LogP) is 2.75. The van der Waals surface area contributed by atoms with Crippen LogP contribution in [0.1, 0.15) is 18.4 Å². The molecule has 0 N–H and O–H groups in total. The highest BCUT2D eigenvalue weighted by molar-refractivity contribution is 6.30. The average Bonchev–Trinajstić information content (AvgIpc) is 3.50. The van der Waals surface area contributed by atoms with Crippen molar-refractivity contribution in [1.82, 2.24) is 9.80 Å². The molecule has 2 amide bonds. The number of piperazine rings is 1. The van der Waals surface area contributed by atoms with Crippen molar-refractivity contribution < 1.29 is 14.3 Å². The molecule has 2 aliphatic heterocycles. The minimum Gasteiger partial charge on any atom is -0.488 e. The van der Waals surface area contributed by atoms with Crippen LogP contribution in [0.3, 0.4) is 0 Å². The molecule has 4 rings (SSSR count). The lowest BCUT2D eigenvalue weighted by atomic mass is 10.1. The fourth-order valence-corrected chi connectivity index (χ4v) is 3.46. The summed E-state index contributed by atoms with van der Waals surface area (Å²) in [6, 6.07) is 5.50. The Labute approximate surface area is 157 Å². The maximum Gasteiger partial charge on any atom is 0.246 e. The minimum atomic E-state index is -0.0266. The Morgan fingerprint density at radius 1 is 1.12 bits per heavy atom. The van der Waals surface area contributed by atoms with Crippen LogP contribution in [-0.2, 0) is 9.59 Å². The highest BCUT2D eigenvalue weighted by atomic mass is 35.5. The van der Waals surface area contributed by atoms with Crippen molar-refractivity contribution in [1.29, 1.82) is 0 Å². The Hall–Kier alpha value is -2.27. The summed E-state index contributed by atoms with van der Waals surface area (Å²) in [7, 11) is 0. The quantitative estimate of drug-likeness (QED) is 0.766. The molecule has 0 aromatic heterocycles. The smallest absolute Gasteiger partial charge is 0.246 e. The van der Waals surface area contributed by atoms with E-state index < -0.39 is 0 Å². The molecule has 0 radical (unpaired) electrons. The van der Waals surface area contributed by atoms with Crippen molar-refractivity contribution >= 4 is 29.5 Å². The molecule has 1 saturated carbocycles. The molecule has 3 aliphatic rings. The predicted molar refractivity (Wildman–Crippen MR) is 99.9 cm³/mol. The largest absolute Gasteiger partial charge is 0.488 e. The number of carbonyl (C=O) groups excluding carboxylic acids is 2. The molecule has 2 heterocycles. The molecule has 0 unspecified atom stereocenters. The first-order valence-corrected chi connectivity index (χ1v) is 9.36.